The lowest BCUT2D eigenvalue weighted by Crippen LogP contribution is -2.12. The molecule has 0 spiro atoms. The number of nitrogens with zero attached hydrogens (tertiary/aromatic N) is 4. The van der Waals surface area contributed by atoms with Gasteiger partial charge in [-0.3, -0.25) is 4.98 Å². The maximum absolute atomic E-state index is 8.81. The molecule has 1 aliphatic rings. The van der Waals surface area contributed by atoms with Crippen LogP contribution in [0.15, 0.2) is 60.0 Å². The molecule has 0 amide bonds. The Labute approximate surface area is 173 Å². The van der Waals surface area contributed by atoms with Crippen molar-refractivity contribution >= 4 is 11.4 Å². The zero-order valence-electron chi connectivity index (χ0n) is 16.6. The van der Waals surface area contributed by atoms with E-state index in [-0.39, 0.29) is 11.8 Å². The SMILES string of the molecule is COc1ccc(C2=C[C@@H]2COc2nc(C)ncc2-c2ccc(/C(N)=N/O)cc2)nc1. The summed E-state index contributed by atoms with van der Waals surface area (Å²) in [4.78, 5) is 13.2. The Hall–Kier alpha value is -3.94. The fourth-order valence-electron chi connectivity index (χ4n) is 3.06. The zero-order valence-corrected chi connectivity index (χ0v) is 16.6. The van der Waals surface area contributed by atoms with Crippen LogP contribution in [0.1, 0.15) is 17.1 Å². The monoisotopic (exact) mass is 403 g/mol. The van der Waals surface area contributed by atoms with Crippen LogP contribution in [0, 0.1) is 12.8 Å². The van der Waals surface area contributed by atoms with Crippen molar-refractivity contribution in [1.29, 1.82) is 0 Å². The van der Waals surface area contributed by atoms with Gasteiger partial charge in [0.15, 0.2) is 5.84 Å². The molecule has 3 aromatic rings. The molecule has 1 aliphatic carbocycles. The first-order valence-electron chi connectivity index (χ1n) is 9.36. The number of oxime groups is 1. The summed E-state index contributed by atoms with van der Waals surface area (Å²) in [6.45, 7) is 2.29. The minimum absolute atomic E-state index is 0.0534. The van der Waals surface area contributed by atoms with E-state index in [1.807, 2.05) is 31.2 Å². The molecule has 8 heteroatoms. The number of nitrogens with two attached hydrogens (primary N) is 1. The van der Waals surface area contributed by atoms with Gasteiger partial charge >= 0.3 is 0 Å². The van der Waals surface area contributed by atoms with Crippen LogP contribution in [0.3, 0.4) is 0 Å². The van der Waals surface area contributed by atoms with Crippen LogP contribution < -0.4 is 15.2 Å². The molecule has 3 N–H and O–H groups in total. The highest BCUT2D eigenvalue weighted by Gasteiger charge is 2.28. The Kier molecular flexibility index (Phi) is 5.30. The van der Waals surface area contributed by atoms with Crippen molar-refractivity contribution in [2.75, 3.05) is 13.7 Å². The second kappa shape index (κ2) is 8.20. The summed E-state index contributed by atoms with van der Waals surface area (Å²) in [7, 11) is 1.62. The third-order valence-electron chi connectivity index (χ3n) is 4.81. The molecular weight excluding hydrogens is 382 g/mol. The number of pyridine rings is 1. The number of methoxy groups -OCH3 is 1. The average Bonchev–Trinajstić information content (AvgIpc) is 3.57. The predicted octanol–water partition coefficient (Wildman–Crippen LogP) is 3.04. The van der Waals surface area contributed by atoms with Gasteiger partial charge in [-0.25, -0.2) is 4.98 Å². The highest BCUT2D eigenvalue weighted by Crippen LogP contribution is 2.38. The minimum Gasteiger partial charge on any atom is -0.495 e. The van der Waals surface area contributed by atoms with E-state index >= 15 is 0 Å². The number of aromatic nitrogens is 3. The van der Waals surface area contributed by atoms with E-state index < -0.39 is 0 Å². The number of hydrogen-bond donors (Lipinski definition) is 2. The fourth-order valence-corrected chi connectivity index (χ4v) is 3.06. The van der Waals surface area contributed by atoms with Crippen LogP contribution in [0.25, 0.3) is 16.7 Å². The van der Waals surface area contributed by atoms with E-state index in [1.165, 1.54) is 0 Å². The molecular formula is C22H21N5O3. The summed E-state index contributed by atoms with van der Waals surface area (Å²) in [6, 6.07) is 11.1. The van der Waals surface area contributed by atoms with E-state index in [9.17, 15) is 0 Å². The maximum Gasteiger partial charge on any atom is 0.224 e. The normalized spacial score (nSPS) is 15.5. The van der Waals surface area contributed by atoms with Gasteiger partial charge in [0.25, 0.3) is 0 Å². The molecule has 0 bridgehead atoms. The van der Waals surface area contributed by atoms with E-state index in [4.69, 9.17) is 20.4 Å². The molecule has 0 unspecified atom stereocenters. The van der Waals surface area contributed by atoms with Crippen molar-refractivity contribution in [3.63, 3.8) is 0 Å². The summed E-state index contributed by atoms with van der Waals surface area (Å²) in [5.41, 5.74) is 9.97. The number of ether oxygens (including phenoxy) is 2. The van der Waals surface area contributed by atoms with Crippen molar-refractivity contribution in [2.45, 2.75) is 6.92 Å². The molecule has 30 heavy (non-hydrogen) atoms. The van der Waals surface area contributed by atoms with Crippen molar-refractivity contribution in [3.8, 4) is 22.8 Å². The Morgan fingerprint density at radius 2 is 1.93 bits per heavy atom. The highest BCUT2D eigenvalue weighted by molar-refractivity contribution is 5.97. The average molecular weight is 403 g/mol. The molecule has 2 heterocycles. The van der Waals surface area contributed by atoms with Gasteiger partial charge < -0.3 is 20.4 Å². The van der Waals surface area contributed by atoms with Gasteiger partial charge in [-0.1, -0.05) is 35.5 Å². The van der Waals surface area contributed by atoms with Crippen LogP contribution in [-0.4, -0.2) is 39.7 Å². The molecule has 0 fully saturated rings. The van der Waals surface area contributed by atoms with Crippen LogP contribution in [0.4, 0.5) is 0 Å². The number of amidine groups is 1. The molecule has 1 aromatic carbocycles. The van der Waals surface area contributed by atoms with Crippen LogP contribution in [-0.2, 0) is 0 Å². The number of aryl methyl sites for hydroxylation is 1. The molecule has 4 rings (SSSR count). The third-order valence-corrected chi connectivity index (χ3v) is 4.81. The number of rotatable bonds is 7. The maximum atomic E-state index is 8.81. The highest BCUT2D eigenvalue weighted by atomic mass is 16.5. The molecule has 1 atom stereocenters. The molecule has 2 aromatic heterocycles. The Morgan fingerprint density at radius 1 is 1.13 bits per heavy atom. The smallest absolute Gasteiger partial charge is 0.224 e. The molecule has 0 saturated heterocycles. The van der Waals surface area contributed by atoms with Crippen molar-refractivity contribution in [3.05, 3.63) is 71.9 Å². The van der Waals surface area contributed by atoms with Gasteiger partial charge in [-0.05, 0) is 30.2 Å². The van der Waals surface area contributed by atoms with Gasteiger partial charge in [-0.15, -0.1) is 0 Å². The van der Waals surface area contributed by atoms with Gasteiger partial charge in [0.1, 0.15) is 18.2 Å². The summed E-state index contributed by atoms with van der Waals surface area (Å²) in [6.07, 6.45) is 5.56. The second-order valence-electron chi connectivity index (χ2n) is 6.82. The van der Waals surface area contributed by atoms with Crippen molar-refractivity contribution in [1.82, 2.24) is 15.0 Å². The molecule has 8 nitrogen and oxygen atoms in total. The fraction of sp³-hybridized carbons (Fsp3) is 0.182. The quantitative estimate of drug-likeness (QED) is 0.270. The Morgan fingerprint density at radius 3 is 2.60 bits per heavy atom. The Bertz CT molecular complexity index is 1110. The Balaban J connectivity index is 1.47. The van der Waals surface area contributed by atoms with Gasteiger partial charge in [0, 0.05) is 17.7 Å². The molecule has 0 saturated carbocycles. The second-order valence-corrected chi connectivity index (χ2v) is 6.82. The van der Waals surface area contributed by atoms with E-state index in [2.05, 4.69) is 26.2 Å². The topological polar surface area (TPSA) is 116 Å². The largest absolute Gasteiger partial charge is 0.495 e. The molecule has 0 radical (unpaired) electrons. The van der Waals surface area contributed by atoms with Crippen LogP contribution in [0.2, 0.25) is 0 Å². The first kappa shape index (κ1) is 19.4. The van der Waals surface area contributed by atoms with E-state index in [0.29, 0.717) is 23.9 Å². The summed E-state index contributed by atoms with van der Waals surface area (Å²) >= 11 is 0. The van der Waals surface area contributed by atoms with E-state index in [1.54, 1.807) is 31.6 Å². The van der Waals surface area contributed by atoms with Crippen LogP contribution >= 0.6 is 0 Å². The van der Waals surface area contributed by atoms with Crippen LogP contribution in [0.5, 0.6) is 11.6 Å². The molecule has 0 aliphatic heterocycles. The number of benzene rings is 1. The van der Waals surface area contributed by atoms with Crippen molar-refractivity contribution < 1.29 is 14.7 Å². The zero-order chi connectivity index (χ0) is 21.1. The van der Waals surface area contributed by atoms with Gasteiger partial charge in [0.05, 0.1) is 24.6 Å². The summed E-state index contributed by atoms with van der Waals surface area (Å²) in [5.74, 6) is 2.12. The minimum atomic E-state index is 0.0534. The third kappa shape index (κ3) is 4.07. The lowest BCUT2D eigenvalue weighted by Gasteiger charge is -2.11. The molecule has 152 valence electrons. The summed E-state index contributed by atoms with van der Waals surface area (Å²) < 4.78 is 11.2. The van der Waals surface area contributed by atoms with E-state index in [0.717, 1.165) is 28.1 Å². The van der Waals surface area contributed by atoms with Gasteiger partial charge in [0.2, 0.25) is 5.88 Å². The lowest BCUT2D eigenvalue weighted by molar-refractivity contribution is 0.299. The first-order valence-corrected chi connectivity index (χ1v) is 9.36. The van der Waals surface area contributed by atoms with Gasteiger partial charge in [-0.2, -0.15) is 4.98 Å². The lowest BCUT2D eigenvalue weighted by atomic mass is 10.1. The standard InChI is InChI=1S/C22H21N5O3/c1-13-24-11-19(14-3-5-15(6-4-14)21(23)27-28)22(26-13)30-12-16-9-18(16)20-8-7-17(29-2)10-25-20/h3-11,16,28H,12H2,1-2H3,(H2,23,27)/t16-/m1/s1. The number of hydrogen-bond acceptors (Lipinski definition) is 7. The van der Waals surface area contributed by atoms with Crippen molar-refractivity contribution in [2.24, 2.45) is 16.8 Å². The first-order chi connectivity index (χ1) is 14.6. The summed E-state index contributed by atoms with van der Waals surface area (Å²) in [5, 5.41) is 11.8. The predicted molar refractivity (Wildman–Crippen MR) is 112 cm³/mol.